The molecule has 1 amide bonds. The molecular weight excluding hydrogens is 372 g/mol. The Balaban J connectivity index is 2.19. The van der Waals surface area contributed by atoms with Crippen molar-refractivity contribution >= 4 is 15.9 Å². The van der Waals surface area contributed by atoms with Crippen LogP contribution in [0.3, 0.4) is 0 Å². The maximum Gasteiger partial charge on any atom is 0.251 e. The quantitative estimate of drug-likeness (QED) is 0.735. The molecule has 0 bridgehead atoms. The summed E-state index contributed by atoms with van der Waals surface area (Å²) in [5.41, 5.74) is 1.68. The van der Waals surface area contributed by atoms with Crippen LogP contribution in [0.25, 0.3) is 0 Å². The standard InChI is InChI=1S/C22H30N2O3S/c1-6-17(18-10-8-7-9-11-18)15-23-21(25)20-14-19(13-12-16(20)2)28(26,27)24-22(3,4)5/h7-14,17,24H,6,15H2,1-5H3,(H,23,25). The molecule has 0 spiro atoms. The lowest BCUT2D eigenvalue weighted by molar-refractivity contribution is 0.0950. The molecule has 2 N–H and O–H groups in total. The number of sulfonamides is 1. The van der Waals surface area contributed by atoms with Crippen LogP contribution < -0.4 is 10.0 Å². The normalized spacial score (nSPS) is 13.2. The molecule has 2 aromatic carbocycles. The fourth-order valence-corrected chi connectivity index (χ4v) is 4.45. The third-order valence-corrected chi connectivity index (χ3v) is 6.23. The molecule has 0 aliphatic heterocycles. The number of nitrogens with one attached hydrogen (secondary N) is 2. The molecule has 2 rings (SSSR count). The van der Waals surface area contributed by atoms with Gasteiger partial charge in [-0.05, 0) is 57.4 Å². The first kappa shape index (κ1) is 22.1. The number of benzene rings is 2. The van der Waals surface area contributed by atoms with E-state index in [9.17, 15) is 13.2 Å². The van der Waals surface area contributed by atoms with E-state index >= 15 is 0 Å². The number of rotatable bonds is 7. The first-order valence-electron chi connectivity index (χ1n) is 9.51. The van der Waals surface area contributed by atoms with Crippen LogP contribution in [0.1, 0.15) is 61.5 Å². The van der Waals surface area contributed by atoms with Crippen molar-refractivity contribution in [2.24, 2.45) is 0 Å². The van der Waals surface area contributed by atoms with Crippen molar-refractivity contribution in [3.05, 3.63) is 65.2 Å². The first-order chi connectivity index (χ1) is 13.0. The molecule has 1 atom stereocenters. The van der Waals surface area contributed by atoms with E-state index in [1.54, 1.807) is 33.8 Å². The van der Waals surface area contributed by atoms with Gasteiger partial charge in [-0.25, -0.2) is 13.1 Å². The molecule has 0 aromatic heterocycles. The van der Waals surface area contributed by atoms with Gasteiger partial charge >= 0.3 is 0 Å². The number of carbonyl (C=O) groups is 1. The Morgan fingerprint density at radius 3 is 2.29 bits per heavy atom. The van der Waals surface area contributed by atoms with E-state index in [1.165, 1.54) is 17.7 Å². The highest BCUT2D eigenvalue weighted by atomic mass is 32.2. The van der Waals surface area contributed by atoms with E-state index < -0.39 is 15.6 Å². The van der Waals surface area contributed by atoms with Gasteiger partial charge in [0, 0.05) is 23.6 Å². The average molecular weight is 403 g/mol. The van der Waals surface area contributed by atoms with E-state index in [0.29, 0.717) is 12.1 Å². The van der Waals surface area contributed by atoms with Gasteiger partial charge in [-0.1, -0.05) is 43.3 Å². The Morgan fingerprint density at radius 1 is 1.07 bits per heavy atom. The Morgan fingerprint density at radius 2 is 1.71 bits per heavy atom. The highest BCUT2D eigenvalue weighted by Gasteiger charge is 2.23. The predicted molar refractivity (Wildman–Crippen MR) is 113 cm³/mol. The molecule has 0 radical (unpaired) electrons. The Labute approximate surface area is 168 Å². The molecule has 0 fully saturated rings. The van der Waals surface area contributed by atoms with Crippen molar-refractivity contribution in [1.82, 2.24) is 10.0 Å². The first-order valence-corrected chi connectivity index (χ1v) is 11.0. The molecule has 0 aliphatic carbocycles. The maximum atomic E-state index is 12.8. The summed E-state index contributed by atoms with van der Waals surface area (Å²) in [5, 5.41) is 2.96. The summed E-state index contributed by atoms with van der Waals surface area (Å²) in [6, 6.07) is 14.7. The van der Waals surface area contributed by atoms with Crippen LogP contribution >= 0.6 is 0 Å². The Bertz CT molecular complexity index is 917. The van der Waals surface area contributed by atoms with Gasteiger partial charge < -0.3 is 5.32 Å². The van der Waals surface area contributed by atoms with Crippen molar-refractivity contribution in [1.29, 1.82) is 0 Å². The van der Waals surface area contributed by atoms with Gasteiger partial charge in [0.15, 0.2) is 0 Å². The highest BCUT2D eigenvalue weighted by molar-refractivity contribution is 7.89. The van der Waals surface area contributed by atoms with Crippen LogP contribution in [0, 0.1) is 6.92 Å². The molecule has 0 saturated heterocycles. The number of carbonyl (C=O) groups excluding carboxylic acids is 1. The summed E-state index contributed by atoms with van der Waals surface area (Å²) in [6.07, 6.45) is 0.896. The molecule has 152 valence electrons. The lowest BCUT2D eigenvalue weighted by Crippen LogP contribution is -2.40. The fourth-order valence-electron chi connectivity index (χ4n) is 3.01. The van der Waals surface area contributed by atoms with E-state index in [2.05, 4.69) is 29.1 Å². The third kappa shape index (κ3) is 5.91. The molecule has 6 heteroatoms. The van der Waals surface area contributed by atoms with E-state index in [-0.39, 0.29) is 16.7 Å². The van der Waals surface area contributed by atoms with Gasteiger partial charge in [-0.15, -0.1) is 0 Å². The van der Waals surface area contributed by atoms with Gasteiger partial charge in [0.2, 0.25) is 10.0 Å². The monoisotopic (exact) mass is 402 g/mol. The summed E-state index contributed by atoms with van der Waals surface area (Å²) in [6.45, 7) is 9.72. The van der Waals surface area contributed by atoms with Gasteiger partial charge in [-0.2, -0.15) is 0 Å². The van der Waals surface area contributed by atoms with Crippen LogP contribution in [0.5, 0.6) is 0 Å². The third-order valence-electron chi connectivity index (χ3n) is 4.48. The number of aryl methyl sites for hydroxylation is 1. The van der Waals surface area contributed by atoms with Crippen molar-refractivity contribution in [2.75, 3.05) is 6.54 Å². The maximum absolute atomic E-state index is 12.8. The second-order valence-corrected chi connectivity index (χ2v) is 9.74. The van der Waals surface area contributed by atoms with Crippen LogP contribution in [0.2, 0.25) is 0 Å². The fraction of sp³-hybridized carbons (Fsp3) is 0.409. The minimum absolute atomic E-state index is 0.0910. The van der Waals surface area contributed by atoms with Gasteiger partial charge in [-0.3, -0.25) is 4.79 Å². The van der Waals surface area contributed by atoms with Gasteiger partial charge in [0.05, 0.1) is 4.90 Å². The van der Waals surface area contributed by atoms with Crippen molar-refractivity contribution in [3.8, 4) is 0 Å². The van der Waals surface area contributed by atoms with Gasteiger partial charge in [0.25, 0.3) is 5.91 Å². The number of hydrogen-bond donors (Lipinski definition) is 2. The highest BCUT2D eigenvalue weighted by Crippen LogP contribution is 2.20. The summed E-state index contributed by atoms with van der Waals surface area (Å²) in [4.78, 5) is 12.8. The van der Waals surface area contributed by atoms with E-state index in [0.717, 1.165) is 12.0 Å². The molecule has 28 heavy (non-hydrogen) atoms. The minimum Gasteiger partial charge on any atom is -0.351 e. The van der Waals surface area contributed by atoms with Crippen LogP contribution in [-0.2, 0) is 10.0 Å². The second kappa shape index (κ2) is 8.88. The van der Waals surface area contributed by atoms with E-state index in [4.69, 9.17) is 0 Å². The molecule has 0 heterocycles. The Hall–Kier alpha value is -2.18. The van der Waals surface area contributed by atoms with Crippen LogP contribution in [0.4, 0.5) is 0 Å². The zero-order chi connectivity index (χ0) is 20.9. The second-order valence-electron chi connectivity index (χ2n) is 8.06. The summed E-state index contributed by atoms with van der Waals surface area (Å²) < 4.78 is 27.8. The zero-order valence-electron chi connectivity index (χ0n) is 17.2. The lowest BCUT2D eigenvalue weighted by Gasteiger charge is -2.21. The van der Waals surface area contributed by atoms with Crippen molar-refractivity contribution < 1.29 is 13.2 Å². The van der Waals surface area contributed by atoms with Crippen molar-refractivity contribution in [3.63, 3.8) is 0 Å². The van der Waals surface area contributed by atoms with Crippen molar-refractivity contribution in [2.45, 2.75) is 57.4 Å². The molecule has 0 saturated carbocycles. The summed E-state index contributed by atoms with van der Waals surface area (Å²) >= 11 is 0. The Kier molecular flexibility index (Phi) is 7.01. The summed E-state index contributed by atoms with van der Waals surface area (Å²) in [5.74, 6) is -0.0559. The van der Waals surface area contributed by atoms with Crippen LogP contribution in [-0.4, -0.2) is 26.4 Å². The van der Waals surface area contributed by atoms with E-state index in [1.807, 2.05) is 18.2 Å². The van der Waals surface area contributed by atoms with Gasteiger partial charge in [0.1, 0.15) is 0 Å². The summed E-state index contributed by atoms with van der Waals surface area (Å²) in [7, 11) is -3.70. The average Bonchev–Trinajstić information content (AvgIpc) is 2.61. The lowest BCUT2D eigenvalue weighted by atomic mass is 9.96. The predicted octanol–water partition coefficient (Wildman–Crippen LogP) is 4.00. The number of hydrogen-bond acceptors (Lipinski definition) is 3. The number of amides is 1. The zero-order valence-corrected chi connectivity index (χ0v) is 18.1. The van der Waals surface area contributed by atoms with Crippen LogP contribution in [0.15, 0.2) is 53.4 Å². The largest absolute Gasteiger partial charge is 0.351 e. The minimum atomic E-state index is -3.70. The molecular formula is C22H30N2O3S. The molecule has 0 aliphatic rings. The molecule has 2 aromatic rings. The topological polar surface area (TPSA) is 75.3 Å². The smallest absolute Gasteiger partial charge is 0.251 e. The molecule has 5 nitrogen and oxygen atoms in total. The molecule has 1 unspecified atom stereocenters. The SMILES string of the molecule is CCC(CNC(=O)c1cc(S(=O)(=O)NC(C)(C)C)ccc1C)c1ccccc1.